The summed E-state index contributed by atoms with van der Waals surface area (Å²) >= 11 is 11.8. The fourth-order valence-corrected chi connectivity index (χ4v) is 2.27. The second-order valence-corrected chi connectivity index (χ2v) is 4.90. The van der Waals surface area contributed by atoms with E-state index >= 15 is 0 Å². The van der Waals surface area contributed by atoms with E-state index in [1.54, 1.807) is 0 Å². The summed E-state index contributed by atoms with van der Waals surface area (Å²) in [4.78, 5) is 0. The van der Waals surface area contributed by atoms with Gasteiger partial charge in [-0.3, -0.25) is 0 Å². The van der Waals surface area contributed by atoms with E-state index in [9.17, 15) is 13.2 Å². The lowest BCUT2D eigenvalue weighted by molar-refractivity contribution is -0.131. The first-order valence-electron chi connectivity index (χ1n) is 3.70. The summed E-state index contributed by atoms with van der Waals surface area (Å²) in [5, 5.41) is 0.313. The molecule has 0 saturated heterocycles. The molecule has 1 rings (SSSR count). The van der Waals surface area contributed by atoms with Crippen molar-refractivity contribution in [1.29, 1.82) is 0 Å². The average molecular weight is 362 g/mol. The third-order valence-electron chi connectivity index (χ3n) is 1.72. The number of hydrogen-bond acceptors (Lipinski definition) is 0. The average Bonchev–Trinajstić information content (AvgIpc) is 2.10. The van der Waals surface area contributed by atoms with Crippen molar-refractivity contribution in [2.24, 2.45) is 0 Å². The van der Waals surface area contributed by atoms with Crippen LogP contribution in [-0.2, 0) is 0 Å². The Morgan fingerprint density at radius 3 is 1.93 bits per heavy atom. The second-order valence-electron chi connectivity index (χ2n) is 2.82. The van der Waals surface area contributed by atoms with Gasteiger partial charge in [0.2, 0.25) is 0 Å². The molecule has 0 spiro atoms. The summed E-state index contributed by atoms with van der Waals surface area (Å²) in [5.41, 5.74) is -0.0503. The molecule has 0 heterocycles. The van der Waals surface area contributed by atoms with Gasteiger partial charge in [0.25, 0.3) is 0 Å². The van der Waals surface area contributed by atoms with Crippen LogP contribution in [0.3, 0.4) is 0 Å². The quantitative estimate of drug-likeness (QED) is 0.505. The summed E-state index contributed by atoms with van der Waals surface area (Å²) in [6.07, 6.45) is -4.47. The zero-order valence-electron chi connectivity index (χ0n) is 7.08. The van der Waals surface area contributed by atoms with Crippen molar-refractivity contribution < 1.29 is 13.2 Å². The Labute approximate surface area is 108 Å². The molecule has 2 radical (unpaired) electrons. The Kier molecular flexibility index (Phi) is 4.17. The number of hydrogen-bond donors (Lipinski definition) is 0. The Bertz CT molecular complexity index is 358. The van der Waals surface area contributed by atoms with Crippen molar-refractivity contribution in [2.75, 3.05) is 0 Å². The molecule has 0 saturated carbocycles. The molecular formula is C8H3BBr2ClF3. The molecule has 1 aromatic rings. The molecule has 7 heteroatoms. The van der Waals surface area contributed by atoms with Crippen LogP contribution in [0.1, 0.15) is 11.4 Å². The minimum absolute atomic E-state index is 0.0503. The molecule has 80 valence electrons. The highest BCUT2D eigenvalue weighted by Crippen LogP contribution is 2.38. The van der Waals surface area contributed by atoms with Crippen molar-refractivity contribution in [3.05, 3.63) is 31.7 Å². The van der Waals surface area contributed by atoms with E-state index in [1.165, 1.54) is 12.1 Å². The van der Waals surface area contributed by atoms with Gasteiger partial charge >= 0.3 is 6.18 Å². The van der Waals surface area contributed by atoms with Crippen molar-refractivity contribution >= 4 is 51.3 Å². The molecular weight excluding hydrogens is 359 g/mol. The highest BCUT2D eigenvalue weighted by Gasteiger charge is 2.36. The van der Waals surface area contributed by atoms with Crippen LogP contribution in [0.15, 0.2) is 21.1 Å². The maximum atomic E-state index is 12.3. The van der Waals surface area contributed by atoms with E-state index in [4.69, 9.17) is 19.4 Å². The predicted molar refractivity (Wildman–Crippen MR) is 61.4 cm³/mol. The molecule has 15 heavy (non-hydrogen) atoms. The van der Waals surface area contributed by atoms with E-state index < -0.39 is 12.0 Å². The van der Waals surface area contributed by atoms with Crippen LogP contribution in [0, 0.1) is 0 Å². The monoisotopic (exact) mass is 360 g/mol. The zero-order chi connectivity index (χ0) is 11.8. The SMILES string of the molecule is [B]C(c1cc(Br)c(Cl)c(Br)c1)C(F)(F)F. The fraction of sp³-hybridized carbons (Fsp3) is 0.250. The Balaban J connectivity index is 3.17. The van der Waals surface area contributed by atoms with Crippen molar-refractivity contribution in [3.63, 3.8) is 0 Å². The number of benzene rings is 1. The van der Waals surface area contributed by atoms with Crippen LogP contribution in [0.4, 0.5) is 13.2 Å². The summed E-state index contributed by atoms with van der Waals surface area (Å²) in [6.45, 7) is 0. The van der Waals surface area contributed by atoms with Crippen LogP contribution in [0.5, 0.6) is 0 Å². The van der Waals surface area contributed by atoms with E-state index in [-0.39, 0.29) is 5.56 Å². The van der Waals surface area contributed by atoms with Gasteiger partial charge in [0.1, 0.15) is 0 Å². The molecule has 0 aromatic heterocycles. The van der Waals surface area contributed by atoms with Gasteiger partial charge in [-0.2, -0.15) is 13.2 Å². The molecule has 0 bridgehead atoms. The highest BCUT2D eigenvalue weighted by molar-refractivity contribution is 9.11. The third kappa shape index (κ3) is 3.14. The molecule has 0 aliphatic carbocycles. The number of rotatable bonds is 1. The third-order valence-corrected chi connectivity index (χ3v) is 3.83. The first-order valence-corrected chi connectivity index (χ1v) is 5.66. The summed E-state index contributed by atoms with van der Waals surface area (Å²) in [7, 11) is 5.05. The van der Waals surface area contributed by atoms with Crippen LogP contribution in [0.25, 0.3) is 0 Å². The lowest BCUT2D eigenvalue weighted by Crippen LogP contribution is -2.20. The summed E-state index contributed by atoms with van der Waals surface area (Å²) < 4.78 is 37.7. The van der Waals surface area contributed by atoms with E-state index in [0.29, 0.717) is 14.0 Å². The van der Waals surface area contributed by atoms with Crippen molar-refractivity contribution in [1.82, 2.24) is 0 Å². The Morgan fingerprint density at radius 1 is 1.20 bits per heavy atom. The van der Waals surface area contributed by atoms with Crippen LogP contribution in [-0.4, -0.2) is 14.0 Å². The second kappa shape index (κ2) is 4.68. The molecule has 0 fully saturated rings. The topological polar surface area (TPSA) is 0 Å². The zero-order valence-corrected chi connectivity index (χ0v) is 11.0. The van der Waals surface area contributed by atoms with Gasteiger partial charge in [-0.15, -0.1) is 0 Å². The molecule has 0 nitrogen and oxygen atoms in total. The molecule has 0 aliphatic rings. The fourth-order valence-electron chi connectivity index (χ4n) is 0.944. The summed E-state index contributed by atoms with van der Waals surface area (Å²) in [6, 6.07) is 2.51. The lowest BCUT2D eigenvalue weighted by Gasteiger charge is -2.17. The maximum absolute atomic E-state index is 12.3. The summed E-state index contributed by atoms with van der Waals surface area (Å²) in [5.74, 6) is -2.01. The number of halogens is 6. The maximum Gasteiger partial charge on any atom is 0.388 e. The molecule has 0 aliphatic heterocycles. The van der Waals surface area contributed by atoms with Crippen LogP contribution >= 0.6 is 43.5 Å². The standard InChI is InChI=1S/C8H3BBr2ClF3/c9-7(8(13,14)15)3-1-4(10)6(12)5(11)2-3/h1-2,7H. The normalized spacial score (nSPS) is 14.0. The van der Waals surface area contributed by atoms with Gasteiger partial charge in [0.05, 0.1) is 12.9 Å². The van der Waals surface area contributed by atoms with Gasteiger partial charge in [0.15, 0.2) is 0 Å². The lowest BCUT2D eigenvalue weighted by atomic mass is 9.80. The van der Waals surface area contributed by atoms with E-state index in [1.807, 2.05) is 0 Å². The predicted octanol–water partition coefficient (Wildman–Crippen LogP) is 4.64. The highest BCUT2D eigenvalue weighted by atomic mass is 79.9. The first kappa shape index (κ1) is 13.4. The van der Waals surface area contributed by atoms with E-state index in [2.05, 4.69) is 31.9 Å². The van der Waals surface area contributed by atoms with Crippen molar-refractivity contribution in [2.45, 2.75) is 12.0 Å². The largest absolute Gasteiger partial charge is 0.388 e. The van der Waals surface area contributed by atoms with Gasteiger partial charge < -0.3 is 0 Å². The first-order chi connectivity index (χ1) is 6.73. The van der Waals surface area contributed by atoms with Gasteiger partial charge in [0, 0.05) is 14.8 Å². The molecule has 0 amide bonds. The minimum atomic E-state index is -4.47. The minimum Gasteiger partial charge on any atom is -0.171 e. The van der Waals surface area contributed by atoms with Crippen LogP contribution < -0.4 is 0 Å². The van der Waals surface area contributed by atoms with Crippen LogP contribution in [0.2, 0.25) is 5.02 Å². The Morgan fingerprint density at radius 2 is 1.60 bits per heavy atom. The Hall–Kier alpha value is 0.325. The smallest absolute Gasteiger partial charge is 0.171 e. The molecule has 0 N–H and O–H groups in total. The van der Waals surface area contributed by atoms with Gasteiger partial charge in [-0.05, 0) is 49.6 Å². The molecule has 1 aromatic carbocycles. The van der Waals surface area contributed by atoms with E-state index in [0.717, 1.165) is 0 Å². The van der Waals surface area contributed by atoms with Crippen molar-refractivity contribution in [3.8, 4) is 0 Å². The number of alkyl halides is 3. The van der Waals surface area contributed by atoms with Gasteiger partial charge in [-0.1, -0.05) is 11.6 Å². The van der Waals surface area contributed by atoms with Gasteiger partial charge in [-0.25, -0.2) is 0 Å². The molecule has 1 atom stereocenters. The molecule has 1 unspecified atom stereocenters.